The molecule has 30 heavy (non-hydrogen) atoms. The molecule has 2 aromatic carbocycles. The minimum absolute atomic E-state index is 0.0457. The largest absolute Gasteiger partial charge is 0.455 e. The van der Waals surface area contributed by atoms with Gasteiger partial charge in [-0.15, -0.1) is 0 Å². The van der Waals surface area contributed by atoms with Crippen LogP contribution in [0.3, 0.4) is 0 Å². The van der Waals surface area contributed by atoms with Crippen molar-refractivity contribution in [3.05, 3.63) is 60.7 Å². The molecule has 4 nitrogen and oxygen atoms in total. The molecule has 162 valence electrons. The van der Waals surface area contributed by atoms with Gasteiger partial charge in [-0.3, -0.25) is 0 Å². The Labute approximate surface area is 189 Å². The molecule has 0 saturated heterocycles. The Kier molecular flexibility index (Phi) is 7.23. The van der Waals surface area contributed by atoms with Gasteiger partial charge in [-0.05, 0) is 21.8 Å². The molecule has 2 atom stereocenters. The third-order valence-corrected chi connectivity index (χ3v) is 11.7. The maximum absolute atomic E-state index is 12.2. The molecule has 0 aromatic heterocycles. The lowest BCUT2D eigenvalue weighted by atomic mass is 10.2. The fourth-order valence-electron chi connectivity index (χ4n) is 4.25. The number of benzene rings is 2. The summed E-state index contributed by atoms with van der Waals surface area (Å²) < 4.78 is 17.8. The molecule has 0 radical (unpaired) electrons. The predicted molar refractivity (Wildman–Crippen MR) is 126 cm³/mol. The lowest BCUT2D eigenvalue weighted by Gasteiger charge is -2.43. The van der Waals surface area contributed by atoms with E-state index in [0.29, 0.717) is 6.61 Å². The van der Waals surface area contributed by atoms with Gasteiger partial charge in [-0.2, -0.15) is 0 Å². The molecule has 0 N–H and O–H groups in total. The van der Waals surface area contributed by atoms with Crippen LogP contribution < -0.4 is 10.4 Å². The highest BCUT2D eigenvalue weighted by Gasteiger charge is 2.60. The molecule has 0 heterocycles. The number of methoxy groups -OCH3 is 1. The second kappa shape index (κ2) is 9.35. The minimum atomic E-state index is -2.67. The van der Waals surface area contributed by atoms with Crippen molar-refractivity contribution in [2.45, 2.75) is 37.8 Å². The molecule has 0 bridgehead atoms. The summed E-state index contributed by atoms with van der Waals surface area (Å²) in [6.45, 7) is 7.08. The molecule has 1 aliphatic rings. The summed E-state index contributed by atoms with van der Waals surface area (Å²) in [5, 5.41) is 3.10. The summed E-state index contributed by atoms with van der Waals surface area (Å²) in [6.07, 6.45) is 0.798. The highest BCUT2D eigenvalue weighted by Crippen LogP contribution is 2.49. The van der Waals surface area contributed by atoms with Crippen LogP contribution in [0.15, 0.2) is 60.7 Å². The van der Waals surface area contributed by atoms with E-state index < -0.39 is 13.9 Å². The number of alkyl halides is 1. The van der Waals surface area contributed by atoms with E-state index in [-0.39, 0.29) is 23.5 Å². The maximum Gasteiger partial charge on any atom is 0.332 e. The smallest absolute Gasteiger partial charge is 0.332 e. The van der Waals surface area contributed by atoms with E-state index in [2.05, 4.69) is 85.2 Å². The van der Waals surface area contributed by atoms with E-state index in [9.17, 15) is 4.79 Å². The van der Waals surface area contributed by atoms with Crippen molar-refractivity contribution in [1.29, 1.82) is 0 Å². The van der Waals surface area contributed by atoms with Crippen molar-refractivity contribution >= 4 is 40.6 Å². The monoisotopic (exact) mass is 490 g/mol. The highest BCUT2D eigenvalue weighted by molar-refractivity contribution is 9.09. The summed E-state index contributed by atoms with van der Waals surface area (Å²) in [6, 6.07) is 21.0. The van der Waals surface area contributed by atoms with E-state index >= 15 is 0 Å². The molecule has 3 rings (SSSR count). The van der Waals surface area contributed by atoms with Crippen LogP contribution in [0.2, 0.25) is 5.04 Å². The van der Waals surface area contributed by atoms with Crippen LogP contribution in [0.4, 0.5) is 0 Å². The van der Waals surface area contributed by atoms with Crippen molar-refractivity contribution < 1.29 is 18.7 Å². The zero-order valence-corrected chi connectivity index (χ0v) is 20.8. The second-order valence-electron chi connectivity index (χ2n) is 8.98. The first-order chi connectivity index (χ1) is 14.3. The number of carbonyl (C=O) groups excluding carboxylic acids is 1. The number of hydrogen-bond donors (Lipinski definition) is 0. The quantitative estimate of drug-likeness (QED) is 0.303. The van der Waals surface area contributed by atoms with E-state index in [4.69, 9.17) is 13.9 Å². The van der Waals surface area contributed by atoms with Crippen molar-refractivity contribution in [2.75, 3.05) is 25.7 Å². The fourth-order valence-corrected chi connectivity index (χ4v) is 9.69. The van der Waals surface area contributed by atoms with Gasteiger partial charge in [0.25, 0.3) is 8.32 Å². The molecule has 1 aliphatic carbocycles. The average molecular weight is 491 g/mol. The minimum Gasteiger partial charge on any atom is -0.455 e. The van der Waals surface area contributed by atoms with Gasteiger partial charge in [0.05, 0.1) is 6.61 Å². The average Bonchev–Trinajstić information content (AvgIpc) is 3.42. The number of esters is 1. The molecule has 0 aliphatic heterocycles. The van der Waals surface area contributed by atoms with Crippen molar-refractivity contribution in [1.82, 2.24) is 0 Å². The van der Waals surface area contributed by atoms with Gasteiger partial charge in [-0.1, -0.05) is 97.4 Å². The Balaban J connectivity index is 2.00. The van der Waals surface area contributed by atoms with E-state index in [1.807, 2.05) is 12.1 Å². The standard InChI is InChI=1S/C24H31BrO4Si/c1-23(2,3)30(20-11-7-5-8-12-20,21-13-9-6-10-14-21)28-18-24(15-19(24)16-25)29-22(26)17-27-4/h5-14,19H,15-18H2,1-4H3/t19-,24+/m0/s1. The van der Waals surface area contributed by atoms with Gasteiger partial charge in [0.1, 0.15) is 12.2 Å². The van der Waals surface area contributed by atoms with E-state index in [1.165, 1.54) is 17.5 Å². The summed E-state index contributed by atoms with van der Waals surface area (Å²) in [4.78, 5) is 12.2. The van der Waals surface area contributed by atoms with Gasteiger partial charge in [0.2, 0.25) is 0 Å². The fraction of sp³-hybridized carbons (Fsp3) is 0.458. The van der Waals surface area contributed by atoms with Crippen molar-refractivity contribution in [3.63, 3.8) is 0 Å². The van der Waals surface area contributed by atoms with Gasteiger partial charge < -0.3 is 13.9 Å². The van der Waals surface area contributed by atoms with Crippen LogP contribution in [-0.4, -0.2) is 45.5 Å². The zero-order chi connectivity index (χ0) is 21.8. The predicted octanol–water partition coefficient (Wildman–Crippen LogP) is 3.91. The number of hydrogen-bond acceptors (Lipinski definition) is 4. The first kappa shape index (κ1) is 23.2. The molecular weight excluding hydrogens is 460 g/mol. The second-order valence-corrected chi connectivity index (χ2v) is 13.9. The number of halogens is 1. The Morgan fingerprint density at radius 3 is 2.00 bits per heavy atom. The first-order valence-electron chi connectivity index (χ1n) is 10.3. The summed E-state index contributed by atoms with van der Waals surface area (Å²) in [7, 11) is -1.17. The molecule has 1 saturated carbocycles. The van der Waals surface area contributed by atoms with Crippen LogP contribution in [0.25, 0.3) is 0 Å². The third kappa shape index (κ3) is 4.57. The topological polar surface area (TPSA) is 44.8 Å². The molecule has 0 spiro atoms. The SMILES string of the molecule is COCC(=O)O[C@@]1(CO[Si](c2ccccc2)(c2ccccc2)C(C)(C)C)C[C@H]1CBr. The third-order valence-electron chi connectivity index (χ3n) is 5.89. The van der Waals surface area contributed by atoms with Crippen LogP contribution in [-0.2, 0) is 18.7 Å². The Hall–Kier alpha value is -1.47. The molecule has 6 heteroatoms. The number of rotatable bonds is 9. The Morgan fingerprint density at radius 2 is 1.60 bits per heavy atom. The van der Waals surface area contributed by atoms with Gasteiger partial charge in [-0.25, -0.2) is 4.79 Å². The summed E-state index contributed by atoms with van der Waals surface area (Å²) in [5.41, 5.74) is -0.591. The molecule has 1 fully saturated rings. The number of carbonyl (C=O) groups is 1. The Morgan fingerprint density at radius 1 is 1.07 bits per heavy atom. The van der Waals surface area contributed by atoms with Crippen molar-refractivity contribution in [2.24, 2.45) is 5.92 Å². The normalized spacial score (nSPS) is 21.3. The first-order valence-corrected chi connectivity index (χ1v) is 13.3. The van der Waals surface area contributed by atoms with Crippen LogP contribution in [0, 0.1) is 5.92 Å². The molecule has 0 unspecified atom stereocenters. The van der Waals surface area contributed by atoms with Gasteiger partial charge >= 0.3 is 5.97 Å². The van der Waals surface area contributed by atoms with E-state index in [1.54, 1.807) is 0 Å². The maximum atomic E-state index is 12.2. The van der Waals surface area contributed by atoms with Crippen molar-refractivity contribution in [3.8, 4) is 0 Å². The molecular formula is C24H31BrO4Si. The van der Waals surface area contributed by atoms with E-state index in [0.717, 1.165) is 11.8 Å². The van der Waals surface area contributed by atoms with Crippen LogP contribution in [0.1, 0.15) is 27.2 Å². The highest BCUT2D eigenvalue weighted by atomic mass is 79.9. The van der Waals surface area contributed by atoms with Gasteiger partial charge in [0, 0.05) is 18.4 Å². The lowest BCUT2D eigenvalue weighted by molar-refractivity contribution is -0.158. The van der Waals surface area contributed by atoms with Crippen LogP contribution in [0.5, 0.6) is 0 Å². The Bertz CT molecular complexity index is 798. The molecule has 2 aromatic rings. The zero-order valence-electron chi connectivity index (χ0n) is 18.2. The lowest BCUT2D eigenvalue weighted by Crippen LogP contribution is -2.67. The molecule has 0 amide bonds. The van der Waals surface area contributed by atoms with Gasteiger partial charge in [0.15, 0.2) is 0 Å². The van der Waals surface area contributed by atoms with Crippen LogP contribution >= 0.6 is 15.9 Å². The summed E-state index contributed by atoms with van der Waals surface area (Å²) >= 11 is 3.56. The number of ether oxygens (including phenoxy) is 2. The summed E-state index contributed by atoms with van der Waals surface area (Å²) in [5.74, 6) is -0.0940.